The number of rotatable bonds is 12. The maximum Gasteiger partial charge on any atom is 0.155 e. The number of anilines is 1. The van der Waals surface area contributed by atoms with Crippen molar-refractivity contribution >= 4 is 34.5 Å². The predicted octanol–water partition coefficient (Wildman–Crippen LogP) is 2.62. The molecule has 6 nitrogen and oxygen atoms in total. The summed E-state index contributed by atoms with van der Waals surface area (Å²) < 4.78 is 19.0. The van der Waals surface area contributed by atoms with E-state index in [1.807, 2.05) is 35.0 Å². The van der Waals surface area contributed by atoms with E-state index in [4.69, 9.17) is 14.2 Å². The molecule has 1 N–H and O–H groups in total. The van der Waals surface area contributed by atoms with Crippen LogP contribution in [0.25, 0.3) is 0 Å². The minimum Gasteiger partial charge on any atom is -0.492 e. The number of ketones is 1. The number of hydrogen-bond acceptors (Lipinski definition) is 6. The monoisotopic (exact) mass is 408 g/mol. The summed E-state index contributed by atoms with van der Waals surface area (Å²) in [6.45, 7) is 4.13. The molecule has 0 saturated carbocycles. The maximum atomic E-state index is 10.6. The molecule has 118 valence electrons. The zero-order valence-electron chi connectivity index (χ0n) is 12.1. The molecule has 0 atom stereocenters. The lowest BCUT2D eigenvalue weighted by molar-refractivity contribution is -0.121. The molecule has 21 heavy (non-hydrogen) atoms. The molecule has 1 aromatic rings. The van der Waals surface area contributed by atoms with Gasteiger partial charge < -0.3 is 17.7 Å². The van der Waals surface area contributed by atoms with Gasteiger partial charge in [-0.1, -0.05) is 0 Å². The number of halogens is 1. The Balaban J connectivity index is 1.91. The largest absolute Gasteiger partial charge is 0.492 e. The summed E-state index contributed by atoms with van der Waals surface area (Å²) >= 11 is 2.03. The van der Waals surface area contributed by atoms with Crippen molar-refractivity contribution in [2.24, 2.45) is 0 Å². The van der Waals surface area contributed by atoms with Crippen LogP contribution in [0.2, 0.25) is 0 Å². The van der Waals surface area contributed by atoms with Gasteiger partial charge in [-0.25, -0.2) is 4.98 Å². The Morgan fingerprint density at radius 2 is 1.90 bits per heavy atom. The first-order valence-corrected chi connectivity index (χ1v) is 7.90. The molecule has 0 aliphatic rings. The fourth-order valence-corrected chi connectivity index (χ4v) is 1.77. The van der Waals surface area contributed by atoms with Crippen molar-refractivity contribution in [2.45, 2.75) is 19.8 Å². The highest BCUT2D eigenvalue weighted by molar-refractivity contribution is 14.1. The summed E-state index contributed by atoms with van der Waals surface area (Å²) in [6, 6.07) is 3.74. The molecule has 0 fully saturated rings. The number of ether oxygens (including phenoxy) is 3. The molecule has 0 radical (unpaired) electrons. The highest BCUT2D eigenvalue weighted by Gasteiger charge is 1.97. The van der Waals surface area contributed by atoms with Gasteiger partial charge in [-0.15, -0.1) is 0 Å². The molecule has 0 aliphatic carbocycles. The normalized spacial score (nSPS) is 10.4. The van der Waals surface area contributed by atoms with Gasteiger partial charge in [0.15, 0.2) is 5.78 Å². The minimum atomic E-state index is 0.0462. The highest BCUT2D eigenvalue weighted by Crippen LogP contribution is 2.13. The van der Waals surface area contributed by atoms with Gasteiger partial charge in [-0.05, 0) is 25.5 Å². The topological polar surface area (TPSA) is 69.7 Å². The minimum absolute atomic E-state index is 0.0462. The third-order valence-electron chi connectivity index (χ3n) is 2.42. The lowest BCUT2D eigenvalue weighted by atomic mass is 10.4. The van der Waals surface area contributed by atoms with Crippen LogP contribution >= 0.6 is 22.9 Å². The summed E-state index contributed by atoms with van der Waals surface area (Å²) in [5, 5.41) is 0. The number of nitrogens with one attached hydrogen (secondary N) is 1. The predicted molar refractivity (Wildman–Crippen MR) is 88.9 cm³/mol. The second-order valence-corrected chi connectivity index (χ2v) is 4.94. The van der Waals surface area contributed by atoms with Crippen LogP contribution in [0.3, 0.4) is 0 Å². The Labute approximate surface area is 139 Å². The first-order chi connectivity index (χ1) is 10.2. The van der Waals surface area contributed by atoms with Gasteiger partial charge in [0.25, 0.3) is 0 Å². The molecule has 0 unspecified atom stereocenters. The van der Waals surface area contributed by atoms with Crippen molar-refractivity contribution in [1.82, 2.24) is 4.98 Å². The van der Waals surface area contributed by atoms with Crippen molar-refractivity contribution in [3.63, 3.8) is 0 Å². The fourth-order valence-electron chi connectivity index (χ4n) is 1.45. The third-order valence-corrected chi connectivity index (χ3v) is 2.97. The Bertz CT molecular complexity index is 400. The van der Waals surface area contributed by atoms with Gasteiger partial charge in [0, 0.05) is 26.2 Å². The van der Waals surface area contributed by atoms with Crippen LogP contribution in [0.5, 0.6) is 5.75 Å². The number of pyridine rings is 1. The summed E-state index contributed by atoms with van der Waals surface area (Å²) in [4.78, 5) is 14.8. The quantitative estimate of drug-likeness (QED) is 0.326. The van der Waals surface area contributed by atoms with E-state index in [1.54, 1.807) is 6.20 Å². The third kappa shape index (κ3) is 9.59. The standard InChI is InChI=1S/C14H21IN2O4/c1-12(18)11-20-8-2-6-19-7-3-9-21-13-4-5-14(17-15)16-10-13/h4-5,10H,2-3,6-9,11H2,1H3,(H,16,17). The van der Waals surface area contributed by atoms with E-state index in [2.05, 4.69) is 8.51 Å². The molecule has 0 aliphatic heterocycles. The molecule has 0 amide bonds. The van der Waals surface area contributed by atoms with Crippen molar-refractivity contribution in [3.8, 4) is 5.75 Å². The van der Waals surface area contributed by atoms with E-state index in [0.717, 1.165) is 24.4 Å². The van der Waals surface area contributed by atoms with Gasteiger partial charge in [-0.3, -0.25) is 4.79 Å². The second-order valence-electron chi connectivity index (χ2n) is 4.40. The first kappa shape index (κ1) is 18.1. The molecule has 0 aromatic carbocycles. The van der Waals surface area contributed by atoms with Gasteiger partial charge >= 0.3 is 0 Å². The van der Waals surface area contributed by atoms with E-state index < -0.39 is 0 Å². The van der Waals surface area contributed by atoms with E-state index in [-0.39, 0.29) is 12.4 Å². The molecule has 1 rings (SSSR count). The van der Waals surface area contributed by atoms with Crippen molar-refractivity contribution in [2.75, 3.05) is 36.6 Å². The lowest BCUT2D eigenvalue weighted by Gasteiger charge is -2.07. The summed E-state index contributed by atoms with van der Waals surface area (Å²) in [6.07, 6.45) is 3.30. The molecule has 0 spiro atoms. The molecular weight excluding hydrogens is 387 g/mol. The fraction of sp³-hybridized carbons (Fsp3) is 0.571. The van der Waals surface area contributed by atoms with Crippen molar-refractivity contribution in [3.05, 3.63) is 18.3 Å². The zero-order valence-corrected chi connectivity index (χ0v) is 14.3. The van der Waals surface area contributed by atoms with E-state index in [9.17, 15) is 4.79 Å². The maximum absolute atomic E-state index is 10.6. The summed E-state index contributed by atoms with van der Waals surface area (Å²) in [5.41, 5.74) is 0. The van der Waals surface area contributed by atoms with Gasteiger partial charge in [-0.2, -0.15) is 0 Å². The summed E-state index contributed by atoms with van der Waals surface area (Å²) in [5.74, 6) is 1.60. The van der Waals surface area contributed by atoms with Gasteiger partial charge in [0.1, 0.15) is 18.2 Å². The average molecular weight is 408 g/mol. The zero-order chi connectivity index (χ0) is 15.3. The van der Waals surface area contributed by atoms with Gasteiger partial charge in [0.2, 0.25) is 0 Å². The smallest absolute Gasteiger partial charge is 0.155 e. The second kappa shape index (κ2) is 11.7. The van der Waals surface area contributed by atoms with Crippen LogP contribution in [-0.4, -0.2) is 43.8 Å². The van der Waals surface area contributed by atoms with E-state index in [0.29, 0.717) is 26.4 Å². The number of aromatic nitrogens is 1. The summed E-state index contributed by atoms with van der Waals surface area (Å²) in [7, 11) is 0. The molecule has 1 heterocycles. The number of carbonyl (C=O) groups excluding carboxylic acids is 1. The SMILES string of the molecule is CC(=O)COCCCOCCCOc1ccc(NI)nc1. The number of nitrogens with zero attached hydrogens (tertiary/aromatic N) is 1. The Hall–Kier alpha value is -0.930. The Morgan fingerprint density at radius 1 is 1.19 bits per heavy atom. The van der Waals surface area contributed by atoms with Crippen molar-refractivity contribution in [1.29, 1.82) is 0 Å². The molecule has 7 heteroatoms. The molecule has 0 bridgehead atoms. The number of Topliss-reactive ketones (excluding diaryl/α,β-unsaturated/α-hetero) is 1. The Morgan fingerprint density at radius 3 is 2.52 bits per heavy atom. The van der Waals surface area contributed by atoms with Crippen LogP contribution < -0.4 is 8.27 Å². The average Bonchev–Trinajstić information content (AvgIpc) is 2.49. The Kier molecular flexibility index (Phi) is 10.1. The highest BCUT2D eigenvalue weighted by atomic mass is 127. The van der Waals surface area contributed by atoms with Crippen LogP contribution in [0.4, 0.5) is 5.82 Å². The number of carbonyl (C=O) groups is 1. The van der Waals surface area contributed by atoms with Gasteiger partial charge in [0.05, 0.1) is 35.7 Å². The molecule has 1 aromatic heterocycles. The molecular formula is C14H21IN2O4. The molecule has 0 saturated heterocycles. The van der Waals surface area contributed by atoms with Crippen LogP contribution in [0.1, 0.15) is 19.8 Å². The lowest BCUT2D eigenvalue weighted by Crippen LogP contribution is -2.08. The van der Waals surface area contributed by atoms with Crippen LogP contribution in [0, 0.1) is 0 Å². The van der Waals surface area contributed by atoms with E-state index in [1.165, 1.54) is 6.92 Å². The van der Waals surface area contributed by atoms with Crippen LogP contribution in [0.15, 0.2) is 18.3 Å². The van der Waals surface area contributed by atoms with E-state index >= 15 is 0 Å². The number of hydrogen-bond donors (Lipinski definition) is 1. The first-order valence-electron chi connectivity index (χ1n) is 6.83. The van der Waals surface area contributed by atoms with Crippen molar-refractivity contribution < 1.29 is 19.0 Å². The van der Waals surface area contributed by atoms with Crippen LogP contribution in [-0.2, 0) is 14.3 Å².